The van der Waals surface area contributed by atoms with Crippen LogP contribution in [0.4, 0.5) is 4.79 Å². The van der Waals surface area contributed by atoms with Crippen LogP contribution in [0.2, 0.25) is 0 Å². The lowest BCUT2D eigenvalue weighted by atomic mass is 9.87. The molecule has 0 aliphatic heterocycles. The van der Waals surface area contributed by atoms with Gasteiger partial charge in [0.05, 0.1) is 6.61 Å². The second-order valence-corrected chi connectivity index (χ2v) is 6.51. The normalized spacial score (nSPS) is 11.1. The van der Waals surface area contributed by atoms with Gasteiger partial charge < -0.3 is 20.1 Å². The molecule has 0 bridgehead atoms. The standard InChI is InChI=1S/C18H30N2O3/c1-18(2,3)15-7-9-16(10-8-15)23-14-6-12-20-17(21)19-11-5-13-22-4/h7-10H,5-6,11-14H2,1-4H3,(H2,19,20,21). The molecule has 5 heteroatoms. The van der Waals surface area contributed by atoms with Gasteiger partial charge in [0, 0.05) is 26.8 Å². The van der Waals surface area contributed by atoms with E-state index in [1.807, 2.05) is 12.1 Å². The number of hydrogen-bond donors (Lipinski definition) is 2. The SMILES string of the molecule is COCCCNC(=O)NCCCOc1ccc(C(C)(C)C)cc1. The van der Waals surface area contributed by atoms with Crippen molar-refractivity contribution in [2.45, 2.75) is 39.0 Å². The number of rotatable bonds is 9. The fourth-order valence-corrected chi connectivity index (χ4v) is 2.00. The highest BCUT2D eigenvalue weighted by molar-refractivity contribution is 5.73. The number of methoxy groups -OCH3 is 1. The molecule has 1 rings (SSSR count). The third-order valence-electron chi connectivity index (χ3n) is 3.41. The third-order valence-corrected chi connectivity index (χ3v) is 3.41. The van der Waals surface area contributed by atoms with Gasteiger partial charge in [0.2, 0.25) is 0 Å². The Labute approximate surface area is 139 Å². The fourth-order valence-electron chi connectivity index (χ4n) is 2.00. The van der Waals surface area contributed by atoms with Gasteiger partial charge in [0.15, 0.2) is 0 Å². The summed E-state index contributed by atoms with van der Waals surface area (Å²) in [6.07, 6.45) is 1.59. The molecule has 0 unspecified atom stereocenters. The molecule has 0 atom stereocenters. The van der Waals surface area contributed by atoms with Crippen LogP contribution in [0.25, 0.3) is 0 Å². The number of amides is 2. The number of urea groups is 1. The summed E-state index contributed by atoms with van der Waals surface area (Å²) in [6.45, 7) is 9.02. The average Bonchev–Trinajstić information content (AvgIpc) is 2.51. The molecule has 0 fully saturated rings. The zero-order chi connectivity index (χ0) is 17.1. The lowest BCUT2D eigenvalue weighted by Gasteiger charge is -2.19. The maximum atomic E-state index is 11.5. The van der Waals surface area contributed by atoms with E-state index in [1.54, 1.807) is 7.11 Å². The molecule has 130 valence electrons. The van der Waals surface area contributed by atoms with Crippen molar-refractivity contribution in [3.05, 3.63) is 29.8 Å². The number of nitrogens with one attached hydrogen (secondary N) is 2. The second-order valence-electron chi connectivity index (χ2n) is 6.51. The molecule has 1 aromatic carbocycles. The van der Waals surface area contributed by atoms with Crippen LogP contribution in [0.5, 0.6) is 5.75 Å². The van der Waals surface area contributed by atoms with Crippen molar-refractivity contribution in [1.29, 1.82) is 0 Å². The van der Waals surface area contributed by atoms with E-state index >= 15 is 0 Å². The third kappa shape index (κ3) is 8.45. The Morgan fingerprint density at radius 2 is 1.57 bits per heavy atom. The van der Waals surface area contributed by atoms with Crippen LogP contribution in [0, 0.1) is 0 Å². The first-order valence-electron chi connectivity index (χ1n) is 8.17. The molecule has 0 aliphatic carbocycles. The predicted molar refractivity (Wildman–Crippen MR) is 93.1 cm³/mol. The van der Waals surface area contributed by atoms with Crippen molar-refractivity contribution in [3.63, 3.8) is 0 Å². The van der Waals surface area contributed by atoms with Crippen LogP contribution in [-0.2, 0) is 10.2 Å². The van der Waals surface area contributed by atoms with E-state index in [4.69, 9.17) is 9.47 Å². The number of hydrogen-bond acceptors (Lipinski definition) is 3. The zero-order valence-corrected chi connectivity index (χ0v) is 14.8. The molecule has 1 aromatic rings. The average molecular weight is 322 g/mol. The summed E-state index contributed by atoms with van der Waals surface area (Å²) in [4.78, 5) is 11.5. The van der Waals surface area contributed by atoms with E-state index in [9.17, 15) is 4.79 Å². The van der Waals surface area contributed by atoms with Crippen LogP contribution >= 0.6 is 0 Å². The molecule has 0 saturated carbocycles. The van der Waals surface area contributed by atoms with Crippen molar-refractivity contribution in [1.82, 2.24) is 10.6 Å². The van der Waals surface area contributed by atoms with Gasteiger partial charge in [-0.3, -0.25) is 0 Å². The van der Waals surface area contributed by atoms with Crippen molar-refractivity contribution in [2.75, 3.05) is 33.4 Å². The summed E-state index contributed by atoms with van der Waals surface area (Å²) in [7, 11) is 1.65. The molecule has 2 amide bonds. The largest absolute Gasteiger partial charge is 0.494 e. The van der Waals surface area contributed by atoms with Crippen molar-refractivity contribution < 1.29 is 14.3 Å². The summed E-state index contributed by atoms with van der Waals surface area (Å²) in [5.41, 5.74) is 1.44. The van der Waals surface area contributed by atoms with Gasteiger partial charge in [-0.15, -0.1) is 0 Å². The van der Waals surface area contributed by atoms with Crippen LogP contribution in [0.15, 0.2) is 24.3 Å². The first kappa shape index (κ1) is 19.3. The van der Waals surface area contributed by atoms with Crippen LogP contribution in [-0.4, -0.2) is 39.4 Å². The van der Waals surface area contributed by atoms with E-state index in [-0.39, 0.29) is 11.4 Å². The topological polar surface area (TPSA) is 59.6 Å². The van der Waals surface area contributed by atoms with Crippen LogP contribution in [0.3, 0.4) is 0 Å². The Hall–Kier alpha value is -1.75. The first-order valence-corrected chi connectivity index (χ1v) is 8.17. The zero-order valence-electron chi connectivity index (χ0n) is 14.8. The van der Waals surface area contributed by atoms with E-state index in [0.29, 0.717) is 26.3 Å². The molecular formula is C18H30N2O3. The maximum absolute atomic E-state index is 11.5. The molecule has 5 nitrogen and oxygen atoms in total. The molecule has 2 N–H and O–H groups in total. The van der Waals surface area contributed by atoms with Gasteiger partial charge in [0.25, 0.3) is 0 Å². The van der Waals surface area contributed by atoms with Crippen LogP contribution < -0.4 is 15.4 Å². The predicted octanol–water partition coefficient (Wildman–Crippen LogP) is 3.09. The minimum atomic E-state index is -0.143. The number of carbonyl (C=O) groups excluding carboxylic acids is 1. The monoisotopic (exact) mass is 322 g/mol. The van der Waals surface area contributed by atoms with Gasteiger partial charge in [-0.2, -0.15) is 0 Å². The minimum absolute atomic E-state index is 0.143. The Morgan fingerprint density at radius 3 is 2.09 bits per heavy atom. The Bertz CT molecular complexity index is 452. The highest BCUT2D eigenvalue weighted by Gasteiger charge is 2.12. The minimum Gasteiger partial charge on any atom is -0.494 e. The van der Waals surface area contributed by atoms with E-state index < -0.39 is 0 Å². The van der Waals surface area contributed by atoms with Crippen molar-refractivity contribution in [3.8, 4) is 5.75 Å². The fraction of sp³-hybridized carbons (Fsp3) is 0.611. The Balaban J connectivity index is 2.12. The molecule has 0 saturated heterocycles. The number of ether oxygens (including phenoxy) is 2. The van der Waals surface area contributed by atoms with Crippen LogP contribution in [0.1, 0.15) is 39.2 Å². The van der Waals surface area contributed by atoms with Gasteiger partial charge in [-0.1, -0.05) is 32.9 Å². The molecular weight excluding hydrogens is 292 g/mol. The summed E-state index contributed by atoms with van der Waals surface area (Å²) >= 11 is 0. The molecule has 0 aliphatic rings. The second kappa shape index (κ2) is 10.1. The highest BCUT2D eigenvalue weighted by atomic mass is 16.5. The molecule has 0 aromatic heterocycles. The summed E-state index contributed by atoms with van der Waals surface area (Å²) in [6, 6.07) is 8.05. The van der Waals surface area contributed by atoms with Crippen molar-refractivity contribution in [2.24, 2.45) is 0 Å². The molecule has 0 spiro atoms. The lowest BCUT2D eigenvalue weighted by Crippen LogP contribution is -2.37. The summed E-state index contributed by atoms with van der Waals surface area (Å²) < 4.78 is 10.6. The van der Waals surface area contributed by atoms with Gasteiger partial charge in [0.1, 0.15) is 5.75 Å². The number of benzene rings is 1. The Morgan fingerprint density at radius 1 is 1.00 bits per heavy atom. The van der Waals surface area contributed by atoms with E-state index in [2.05, 4.69) is 43.5 Å². The Kier molecular flexibility index (Phi) is 8.48. The number of carbonyl (C=O) groups is 1. The summed E-state index contributed by atoms with van der Waals surface area (Å²) in [5.74, 6) is 0.863. The van der Waals surface area contributed by atoms with E-state index in [0.717, 1.165) is 18.6 Å². The smallest absolute Gasteiger partial charge is 0.314 e. The van der Waals surface area contributed by atoms with Gasteiger partial charge in [-0.25, -0.2) is 4.79 Å². The lowest BCUT2D eigenvalue weighted by molar-refractivity contribution is 0.193. The summed E-state index contributed by atoms with van der Waals surface area (Å²) in [5, 5.41) is 5.58. The molecule has 23 heavy (non-hydrogen) atoms. The van der Waals surface area contributed by atoms with Gasteiger partial charge >= 0.3 is 6.03 Å². The van der Waals surface area contributed by atoms with Crippen molar-refractivity contribution >= 4 is 6.03 Å². The molecule has 0 radical (unpaired) electrons. The first-order chi connectivity index (χ1) is 10.9. The highest BCUT2D eigenvalue weighted by Crippen LogP contribution is 2.24. The quantitative estimate of drug-likeness (QED) is 0.687. The van der Waals surface area contributed by atoms with Gasteiger partial charge in [-0.05, 0) is 36.0 Å². The molecule has 0 heterocycles. The maximum Gasteiger partial charge on any atom is 0.314 e. The van der Waals surface area contributed by atoms with E-state index in [1.165, 1.54) is 5.56 Å².